The molecule has 1 aliphatic carbocycles. The maximum atomic E-state index is 13.4. The zero-order valence-electron chi connectivity index (χ0n) is 17.0. The van der Waals surface area contributed by atoms with E-state index < -0.39 is 22.2 Å². The van der Waals surface area contributed by atoms with Crippen LogP contribution in [0.15, 0.2) is 29.4 Å². The molecule has 2 aromatic heterocycles. The molecule has 1 aromatic carbocycles. The Balaban J connectivity index is 1.56. The van der Waals surface area contributed by atoms with Gasteiger partial charge in [-0.2, -0.15) is 9.98 Å². The number of halogens is 1. The summed E-state index contributed by atoms with van der Waals surface area (Å²) in [5.74, 6) is 0.706. The number of alkyl halides is 1. The summed E-state index contributed by atoms with van der Waals surface area (Å²) in [5.41, 5.74) is 0.216. The van der Waals surface area contributed by atoms with Crippen molar-refractivity contribution in [2.24, 2.45) is 0 Å². The Labute approximate surface area is 178 Å². The molecule has 11 heteroatoms. The molecule has 1 aliphatic heterocycles. The molecule has 2 aliphatic rings. The molecule has 2 fully saturated rings. The Morgan fingerprint density at radius 1 is 1.35 bits per heavy atom. The molecule has 0 radical (unpaired) electrons. The number of sulfonamides is 1. The van der Waals surface area contributed by atoms with Gasteiger partial charge in [-0.25, -0.2) is 22.8 Å². The van der Waals surface area contributed by atoms with Crippen LogP contribution in [0.1, 0.15) is 12.8 Å². The van der Waals surface area contributed by atoms with Gasteiger partial charge in [0.1, 0.15) is 30.0 Å². The van der Waals surface area contributed by atoms with Crippen LogP contribution in [0.3, 0.4) is 0 Å². The van der Waals surface area contributed by atoms with Crippen LogP contribution in [0.2, 0.25) is 0 Å². The summed E-state index contributed by atoms with van der Waals surface area (Å²) >= 11 is 0. The minimum atomic E-state index is -3.83. The van der Waals surface area contributed by atoms with Crippen LogP contribution >= 0.6 is 0 Å². The number of hydrogen-bond donors (Lipinski definition) is 2. The molecule has 1 unspecified atom stereocenters. The Bertz CT molecular complexity index is 1310. The minimum absolute atomic E-state index is 0.0830. The highest BCUT2D eigenvalue weighted by Crippen LogP contribution is 2.37. The molecule has 0 spiro atoms. The first-order valence-corrected chi connectivity index (χ1v) is 11.6. The monoisotopic (exact) mass is 443 g/mol. The average molecular weight is 444 g/mol. The zero-order valence-corrected chi connectivity index (χ0v) is 17.8. The summed E-state index contributed by atoms with van der Waals surface area (Å²) in [5, 5.41) is 10.8. The summed E-state index contributed by atoms with van der Waals surface area (Å²) < 4.78 is 41.5. The van der Waals surface area contributed by atoms with Gasteiger partial charge >= 0.3 is 0 Å². The van der Waals surface area contributed by atoms with Crippen molar-refractivity contribution in [2.45, 2.75) is 29.3 Å². The Morgan fingerprint density at radius 3 is 2.87 bits per heavy atom. The molecule has 1 saturated carbocycles. The van der Waals surface area contributed by atoms with E-state index in [0.717, 1.165) is 17.3 Å². The molecule has 2 N–H and O–H groups in total. The van der Waals surface area contributed by atoms with E-state index in [2.05, 4.69) is 24.6 Å². The van der Waals surface area contributed by atoms with Crippen LogP contribution < -0.4 is 9.62 Å². The van der Waals surface area contributed by atoms with Crippen molar-refractivity contribution in [1.29, 1.82) is 5.26 Å². The second-order valence-electron chi connectivity index (χ2n) is 8.29. The number of benzene rings is 1. The number of rotatable bonds is 5. The molecule has 5 rings (SSSR count). The summed E-state index contributed by atoms with van der Waals surface area (Å²) in [6.07, 6.45) is 2.49. The lowest BCUT2D eigenvalue weighted by molar-refractivity contribution is 0.183. The van der Waals surface area contributed by atoms with Gasteiger partial charge in [0.15, 0.2) is 0 Å². The van der Waals surface area contributed by atoms with E-state index >= 15 is 0 Å². The van der Waals surface area contributed by atoms with Gasteiger partial charge in [0.25, 0.3) is 0 Å². The number of aromatic amines is 1. The molecule has 1 atom stereocenters. The minimum Gasteiger partial charge on any atom is -0.353 e. The number of H-pyrrole nitrogens is 1. The smallest absolute Gasteiger partial charge is 0.242 e. The van der Waals surface area contributed by atoms with Crippen LogP contribution in [0.25, 0.3) is 21.9 Å². The van der Waals surface area contributed by atoms with Crippen LogP contribution in [0.4, 0.5) is 10.2 Å². The quantitative estimate of drug-likeness (QED) is 0.614. The van der Waals surface area contributed by atoms with Crippen molar-refractivity contribution < 1.29 is 12.8 Å². The number of hydrogen-bond acceptors (Lipinski definition) is 7. The molecule has 162 valence electrons. The topological polar surface area (TPSA) is 118 Å². The first-order chi connectivity index (χ1) is 14.9. The Hall–Kier alpha value is -2.81. The second-order valence-corrected chi connectivity index (χ2v) is 9.97. The van der Waals surface area contributed by atoms with Crippen molar-refractivity contribution in [3.05, 3.63) is 24.5 Å². The number of aromatic nitrogens is 3. The summed E-state index contributed by atoms with van der Waals surface area (Å²) in [6.45, 7) is 1.50. The van der Waals surface area contributed by atoms with E-state index in [9.17, 15) is 18.1 Å². The van der Waals surface area contributed by atoms with Gasteiger partial charge in [-0.1, -0.05) is 6.07 Å². The van der Waals surface area contributed by atoms with E-state index in [-0.39, 0.29) is 10.9 Å². The molecule has 3 heterocycles. The second kappa shape index (κ2) is 7.12. The standard InChI is InChI=1S/C20H22FN7O2S/c1-27-6-7-28(10-13(27)9-21)19-17-15-3-2-14(8-16(15)25-18(17)23-12-24-19)31(29,30)26-20(11-22)4-5-20/h2-3,8,12-13,26H,4-7,9-10H2,1H3,(H,23,24,25). The Morgan fingerprint density at radius 2 is 2.16 bits per heavy atom. The SMILES string of the molecule is CN1CCN(c2ncnc3[nH]c4cc(S(=O)(=O)NC5(C#N)CC5)ccc4c23)CC1CF. The molecular weight excluding hydrogens is 421 g/mol. The molecule has 0 bridgehead atoms. The molecule has 1 saturated heterocycles. The first-order valence-electron chi connectivity index (χ1n) is 10.1. The highest BCUT2D eigenvalue weighted by Gasteiger charge is 2.46. The van der Waals surface area contributed by atoms with E-state index in [1.165, 1.54) is 12.4 Å². The predicted octanol–water partition coefficient (Wildman–Crippen LogP) is 1.54. The zero-order chi connectivity index (χ0) is 21.8. The van der Waals surface area contributed by atoms with E-state index in [0.29, 0.717) is 42.9 Å². The molecule has 0 amide bonds. The summed E-state index contributed by atoms with van der Waals surface area (Å²) in [6, 6.07) is 6.63. The fraction of sp³-hybridized carbons (Fsp3) is 0.450. The fourth-order valence-electron chi connectivity index (χ4n) is 4.08. The van der Waals surface area contributed by atoms with E-state index in [1.807, 2.05) is 18.0 Å². The lowest BCUT2D eigenvalue weighted by Gasteiger charge is -2.38. The van der Waals surface area contributed by atoms with E-state index in [4.69, 9.17) is 0 Å². The van der Waals surface area contributed by atoms with Gasteiger partial charge in [0.2, 0.25) is 10.0 Å². The fourth-order valence-corrected chi connectivity index (χ4v) is 5.48. The number of piperazine rings is 1. The van der Waals surface area contributed by atoms with Crippen molar-refractivity contribution in [3.63, 3.8) is 0 Å². The normalized spacial score (nSPS) is 21.5. The number of fused-ring (bicyclic) bond motifs is 3. The van der Waals surface area contributed by atoms with Crippen LogP contribution in [0.5, 0.6) is 0 Å². The maximum absolute atomic E-state index is 13.4. The van der Waals surface area contributed by atoms with Crippen molar-refractivity contribution >= 4 is 37.8 Å². The van der Waals surface area contributed by atoms with Crippen LogP contribution in [-0.4, -0.2) is 73.2 Å². The lowest BCUT2D eigenvalue weighted by Crippen LogP contribution is -2.52. The first kappa shape index (κ1) is 20.1. The van der Waals surface area contributed by atoms with Crippen LogP contribution in [-0.2, 0) is 10.0 Å². The highest BCUT2D eigenvalue weighted by molar-refractivity contribution is 7.89. The lowest BCUT2D eigenvalue weighted by atomic mass is 10.1. The molecule has 31 heavy (non-hydrogen) atoms. The largest absolute Gasteiger partial charge is 0.353 e. The third kappa shape index (κ3) is 3.40. The third-order valence-corrected chi connectivity index (χ3v) is 7.73. The summed E-state index contributed by atoms with van der Waals surface area (Å²) in [7, 11) is -1.92. The van der Waals surface area contributed by atoms with Gasteiger partial charge in [-0.3, -0.25) is 4.90 Å². The predicted molar refractivity (Wildman–Crippen MR) is 114 cm³/mol. The van der Waals surface area contributed by atoms with E-state index in [1.54, 1.807) is 12.1 Å². The average Bonchev–Trinajstić information content (AvgIpc) is 3.42. The van der Waals surface area contributed by atoms with Crippen molar-refractivity contribution in [2.75, 3.05) is 38.3 Å². The number of anilines is 1. The Kier molecular flexibility index (Phi) is 4.62. The van der Waals surface area contributed by atoms with Gasteiger partial charge in [0.05, 0.1) is 22.4 Å². The van der Waals surface area contributed by atoms with Gasteiger partial charge in [-0.05, 0) is 32.0 Å². The molecular formula is C20H22FN7O2S. The van der Waals surface area contributed by atoms with Gasteiger partial charge < -0.3 is 9.88 Å². The molecule has 3 aromatic rings. The number of nitrogens with zero attached hydrogens (tertiary/aromatic N) is 5. The van der Waals surface area contributed by atoms with Crippen molar-refractivity contribution in [3.8, 4) is 6.07 Å². The number of nitriles is 1. The third-order valence-electron chi connectivity index (χ3n) is 6.20. The number of nitrogens with one attached hydrogen (secondary N) is 2. The highest BCUT2D eigenvalue weighted by atomic mass is 32.2. The van der Waals surface area contributed by atoms with Gasteiger partial charge in [0, 0.05) is 30.5 Å². The maximum Gasteiger partial charge on any atom is 0.242 e. The van der Waals surface area contributed by atoms with Crippen LogP contribution in [0, 0.1) is 11.3 Å². The van der Waals surface area contributed by atoms with Crippen molar-refractivity contribution in [1.82, 2.24) is 24.6 Å². The summed E-state index contributed by atoms with van der Waals surface area (Å²) in [4.78, 5) is 16.1. The van der Waals surface area contributed by atoms with Gasteiger partial charge in [-0.15, -0.1) is 0 Å². The number of likely N-dealkylation sites (N-methyl/N-ethyl adjacent to an activating group) is 1. The molecule has 9 nitrogen and oxygen atoms in total.